The summed E-state index contributed by atoms with van der Waals surface area (Å²) in [5.41, 5.74) is 1.10. The number of aliphatic hydroxyl groups excluding tert-OH is 1. The molecule has 0 bridgehead atoms. The third-order valence-electron chi connectivity index (χ3n) is 2.52. The van der Waals surface area contributed by atoms with Gasteiger partial charge in [0.25, 0.3) is 5.91 Å². The van der Waals surface area contributed by atoms with Crippen LogP contribution in [-0.4, -0.2) is 22.6 Å². The first-order chi connectivity index (χ1) is 10.2. The van der Waals surface area contributed by atoms with Gasteiger partial charge < -0.3 is 10.4 Å². The SMILES string of the molecule is O=C(NCc1ccc(Cl)s1)c1cncc(C#CCCO)c1. The molecule has 0 radical (unpaired) electrons. The molecule has 0 unspecified atom stereocenters. The molecule has 2 heterocycles. The summed E-state index contributed by atoms with van der Waals surface area (Å²) in [7, 11) is 0. The van der Waals surface area contributed by atoms with Crippen molar-refractivity contribution in [2.75, 3.05) is 6.61 Å². The van der Waals surface area contributed by atoms with Crippen LogP contribution in [0.5, 0.6) is 0 Å². The standard InChI is InChI=1S/C15H13ClN2O2S/c16-14-5-4-13(21-14)10-18-15(20)12-7-11(8-17-9-12)3-1-2-6-19/h4-5,7-9,19H,2,6,10H2,(H,18,20). The van der Waals surface area contributed by atoms with Crippen molar-refractivity contribution in [2.24, 2.45) is 0 Å². The highest BCUT2D eigenvalue weighted by Gasteiger charge is 2.07. The molecule has 2 aromatic rings. The lowest BCUT2D eigenvalue weighted by Gasteiger charge is -2.03. The molecule has 0 atom stereocenters. The van der Waals surface area contributed by atoms with E-state index in [-0.39, 0.29) is 12.5 Å². The number of aliphatic hydroxyl groups is 1. The summed E-state index contributed by atoms with van der Waals surface area (Å²) in [5, 5.41) is 11.5. The Bertz CT molecular complexity index is 688. The molecule has 2 rings (SSSR count). The monoisotopic (exact) mass is 320 g/mol. The lowest BCUT2D eigenvalue weighted by molar-refractivity contribution is 0.0951. The van der Waals surface area contributed by atoms with Gasteiger partial charge >= 0.3 is 0 Å². The van der Waals surface area contributed by atoms with Crippen LogP contribution in [-0.2, 0) is 6.54 Å². The number of carbonyl (C=O) groups is 1. The van der Waals surface area contributed by atoms with Gasteiger partial charge in [0.05, 0.1) is 23.1 Å². The van der Waals surface area contributed by atoms with Crippen LogP contribution >= 0.6 is 22.9 Å². The van der Waals surface area contributed by atoms with Crippen molar-refractivity contribution in [1.82, 2.24) is 10.3 Å². The van der Waals surface area contributed by atoms with Crippen molar-refractivity contribution in [1.29, 1.82) is 0 Å². The highest BCUT2D eigenvalue weighted by Crippen LogP contribution is 2.21. The van der Waals surface area contributed by atoms with Crippen LogP contribution in [0.3, 0.4) is 0 Å². The predicted octanol–water partition coefficient (Wildman–Crippen LogP) is 2.46. The number of carbonyl (C=O) groups excluding carboxylic acids is 1. The number of rotatable bonds is 4. The molecule has 0 aliphatic carbocycles. The second-order valence-electron chi connectivity index (χ2n) is 4.13. The Kier molecular flexibility index (Phi) is 5.76. The first-order valence-corrected chi connectivity index (χ1v) is 7.45. The zero-order valence-corrected chi connectivity index (χ0v) is 12.7. The Morgan fingerprint density at radius 2 is 2.29 bits per heavy atom. The average molecular weight is 321 g/mol. The fourth-order valence-electron chi connectivity index (χ4n) is 1.57. The zero-order chi connectivity index (χ0) is 15.1. The van der Waals surface area contributed by atoms with Crippen molar-refractivity contribution < 1.29 is 9.90 Å². The van der Waals surface area contributed by atoms with E-state index >= 15 is 0 Å². The topological polar surface area (TPSA) is 62.2 Å². The van der Waals surface area contributed by atoms with E-state index in [1.165, 1.54) is 17.5 Å². The molecule has 1 amide bonds. The Balaban J connectivity index is 1.99. The van der Waals surface area contributed by atoms with E-state index in [4.69, 9.17) is 16.7 Å². The molecule has 0 spiro atoms. The quantitative estimate of drug-likeness (QED) is 0.851. The smallest absolute Gasteiger partial charge is 0.253 e. The number of hydrogen-bond acceptors (Lipinski definition) is 4. The molecule has 0 saturated carbocycles. The lowest BCUT2D eigenvalue weighted by atomic mass is 10.2. The summed E-state index contributed by atoms with van der Waals surface area (Å²) in [6.07, 6.45) is 3.48. The van der Waals surface area contributed by atoms with Gasteiger partial charge in [0.15, 0.2) is 0 Å². The molecule has 6 heteroatoms. The van der Waals surface area contributed by atoms with Crippen molar-refractivity contribution in [3.8, 4) is 11.8 Å². The first kappa shape index (κ1) is 15.5. The normalized spacial score (nSPS) is 9.81. The number of hydrogen-bond donors (Lipinski definition) is 2. The van der Waals surface area contributed by atoms with Crippen molar-refractivity contribution >= 4 is 28.8 Å². The van der Waals surface area contributed by atoms with Crippen molar-refractivity contribution in [3.63, 3.8) is 0 Å². The zero-order valence-electron chi connectivity index (χ0n) is 11.1. The fraction of sp³-hybridized carbons (Fsp3) is 0.200. The largest absolute Gasteiger partial charge is 0.395 e. The maximum Gasteiger partial charge on any atom is 0.253 e. The highest BCUT2D eigenvalue weighted by atomic mass is 35.5. The molecule has 2 N–H and O–H groups in total. The summed E-state index contributed by atoms with van der Waals surface area (Å²) < 4.78 is 0.696. The van der Waals surface area contributed by atoms with E-state index in [1.54, 1.807) is 18.3 Å². The number of amides is 1. The third-order valence-corrected chi connectivity index (χ3v) is 3.75. The minimum atomic E-state index is -0.210. The van der Waals surface area contributed by atoms with Crippen molar-refractivity contribution in [3.05, 3.63) is 50.9 Å². The molecule has 0 aromatic carbocycles. The minimum Gasteiger partial charge on any atom is -0.395 e. The summed E-state index contributed by atoms with van der Waals surface area (Å²) in [4.78, 5) is 17.0. The number of nitrogens with zero attached hydrogens (tertiary/aromatic N) is 1. The molecule has 21 heavy (non-hydrogen) atoms. The van der Waals surface area contributed by atoms with E-state index in [9.17, 15) is 4.79 Å². The van der Waals surface area contributed by atoms with E-state index in [0.717, 1.165) is 4.88 Å². The average Bonchev–Trinajstić information content (AvgIpc) is 2.91. The predicted molar refractivity (Wildman–Crippen MR) is 83.3 cm³/mol. The van der Waals surface area contributed by atoms with Gasteiger partial charge in [-0.1, -0.05) is 23.4 Å². The van der Waals surface area contributed by atoms with Gasteiger partial charge in [0.2, 0.25) is 0 Å². The van der Waals surface area contributed by atoms with Crippen LogP contribution in [0.4, 0.5) is 0 Å². The van der Waals surface area contributed by atoms with Crippen LogP contribution in [0.15, 0.2) is 30.6 Å². The van der Waals surface area contributed by atoms with Gasteiger partial charge in [-0.05, 0) is 18.2 Å². The fourth-order valence-corrected chi connectivity index (χ4v) is 2.60. The molecular weight excluding hydrogens is 308 g/mol. The summed E-state index contributed by atoms with van der Waals surface area (Å²) in [6, 6.07) is 5.35. The number of thiophene rings is 1. The summed E-state index contributed by atoms with van der Waals surface area (Å²) in [5.74, 6) is 5.43. The number of pyridine rings is 1. The molecule has 4 nitrogen and oxygen atoms in total. The van der Waals surface area contributed by atoms with Crippen LogP contribution in [0.1, 0.15) is 27.2 Å². The molecule has 0 aliphatic rings. The maximum atomic E-state index is 12.0. The first-order valence-electron chi connectivity index (χ1n) is 6.26. The van der Waals surface area contributed by atoms with Crippen molar-refractivity contribution in [2.45, 2.75) is 13.0 Å². The second kappa shape index (κ2) is 7.79. The molecule has 2 aromatic heterocycles. The molecule has 0 aliphatic heterocycles. The Morgan fingerprint density at radius 3 is 3.00 bits per heavy atom. The summed E-state index contributed by atoms with van der Waals surface area (Å²) >= 11 is 7.27. The van der Waals surface area contributed by atoms with Gasteiger partial charge in [-0.2, -0.15) is 0 Å². The Morgan fingerprint density at radius 1 is 1.43 bits per heavy atom. The molecule has 0 saturated heterocycles. The molecular formula is C15H13ClN2O2S. The van der Waals surface area contributed by atoms with Gasteiger partial charge in [-0.15, -0.1) is 11.3 Å². The Labute approximate surface area is 131 Å². The van der Waals surface area contributed by atoms with Crippen LogP contribution < -0.4 is 5.32 Å². The van der Waals surface area contributed by atoms with Crippen LogP contribution in [0, 0.1) is 11.8 Å². The maximum absolute atomic E-state index is 12.0. The van der Waals surface area contributed by atoms with E-state index < -0.39 is 0 Å². The summed E-state index contributed by atoms with van der Waals surface area (Å²) in [6.45, 7) is 0.445. The van der Waals surface area contributed by atoms with E-state index in [0.29, 0.717) is 28.4 Å². The lowest BCUT2D eigenvalue weighted by Crippen LogP contribution is -2.22. The number of halogens is 1. The second-order valence-corrected chi connectivity index (χ2v) is 5.93. The molecule has 0 fully saturated rings. The van der Waals surface area contributed by atoms with Crippen LogP contribution in [0.2, 0.25) is 4.34 Å². The number of aromatic nitrogens is 1. The number of nitrogens with one attached hydrogen (secondary N) is 1. The van der Waals surface area contributed by atoms with Crippen LogP contribution in [0.25, 0.3) is 0 Å². The molecule has 108 valence electrons. The van der Waals surface area contributed by atoms with E-state index in [1.807, 2.05) is 6.07 Å². The van der Waals surface area contributed by atoms with Gasteiger partial charge in [-0.25, -0.2) is 0 Å². The van der Waals surface area contributed by atoms with Gasteiger partial charge in [0, 0.05) is 29.3 Å². The third kappa shape index (κ3) is 4.87. The highest BCUT2D eigenvalue weighted by molar-refractivity contribution is 7.16. The van der Waals surface area contributed by atoms with Gasteiger partial charge in [-0.3, -0.25) is 9.78 Å². The minimum absolute atomic E-state index is 0.0178. The van der Waals surface area contributed by atoms with Gasteiger partial charge in [0.1, 0.15) is 0 Å². The Hall–Kier alpha value is -1.87. The van der Waals surface area contributed by atoms with E-state index in [2.05, 4.69) is 22.1 Å².